The maximum Gasteiger partial charge on any atom is 0.307 e. The zero-order valence-corrected chi connectivity index (χ0v) is 10.5. The molecule has 0 spiro atoms. The molecule has 1 aromatic carbocycles. The summed E-state index contributed by atoms with van der Waals surface area (Å²) in [7, 11) is 0. The molecule has 2 N–H and O–H groups in total. The normalized spacial score (nSPS) is 17.3. The molecule has 1 aliphatic heterocycles. The minimum atomic E-state index is -0.957. The van der Waals surface area contributed by atoms with Crippen LogP contribution in [-0.4, -0.2) is 29.8 Å². The second-order valence-electron chi connectivity index (χ2n) is 4.03. The number of carbonyl (C=O) groups is 1. The molecule has 1 aromatic rings. The van der Waals surface area contributed by atoms with Crippen LogP contribution < -0.4 is 10.1 Å². The van der Waals surface area contributed by atoms with Crippen molar-refractivity contribution in [3.8, 4) is 5.75 Å². The van der Waals surface area contributed by atoms with Gasteiger partial charge in [0.05, 0.1) is 6.42 Å². The number of aliphatic carboxylic acids is 1. The predicted octanol–water partition coefficient (Wildman–Crippen LogP) is 1.78. The smallest absolute Gasteiger partial charge is 0.307 e. The van der Waals surface area contributed by atoms with Gasteiger partial charge in [-0.2, -0.15) is 0 Å². The van der Waals surface area contributed by atoms with E-state index in [1.165, 1.54) is 12.1 Å². The summed E-state index contributed by atoms with van der Waals surface area (Å²) in [5.74, 6) is -1.38. The molecule has 4 nitrogen and oxygen atoms in total. The molecular weight excluding hydrogens is 293 g/mol. The summed E-state index contributed by atoms with van der Waals surface area (Å²) in [5.41, 5.74) is -0.840. The van der Waals surface area contributed by atoms with E-state index in [1.807, 2.05) is 0 Å². The first-order chi connectivity index (χ1) is 8.01. The van der Waals surface area contributed by atoms with Crippen LogP contribution in [0.15, 0.2) is 22.7 Å². The molecule has 0 amide bonds. The molecule has 17 heavy (non-hydrogen) atoms. The van der Waals surface area contributed by atoms with Crippen molar-refractivity contribution in [1.82, 2.24) is 5.32 Å². The third-order valence-corrected chi connectivity index (χ3v) is 3.08. The molecular formula is C11H11BrFNO3. The van der Waals surface area contributed by atoms with Crippen LogP contribution in [0, 0.1) is 5.82 Å². The molecule has 2 rings (SSSR count). The molecule has 1 aliphatic rings. The SMILES string of the molecule is O=C(O)CC1(Oc2cc(Br)ccc2F)CNC1. The molecule has 1 saturated heterocycles. The second-order valence-corrected chi connectivity index (χ2v) is 4.95. The molecule has 0 saturated carbocycles. The Hall–Kier alpha value is -1.14. The van der Waals surface area contributed by atoms with Gasteiger partial charge in [0.1, 0.15) is 5.60 Å². The van der Waals surface area contributed by atoms with Crippen LogP contribution in [0.2, 0.25) is 0 Å². The van der Waals surface area contributed by atoms with Gasteiger partial charge in [0, 0.05) is 17.6 Å². The van der Waals surface area contributed by atoms with E-state index in [0.717, 1.165) is 0 Å². The average molecular weight is 304 g/mol. The van der Waals surface area contributed by atoms with Gasteiger partial charge in [0.2, 0.25) is 0 Å². The minimum absolute atomic E-state index is 0.0714. The minimum Gasteiger partial charge on any atom is -0.481 e. The zero-order chi connectivity index (χ0) is 12.5. The highest BCUT2D eigenvalue weighted by Crippen LogP contribution is 2.29. The molecule has 1 fully saturated rings. The number of hydrogen-bond donors (Lipinski definition) is 2. The van der Waals surface area contributed by atoms with Crippen molar-refractivity contribution in [2.75, 3.05) is 13.1 Å². The summed E-state index contributed by atoms with van der Waals surface area (Å²) in [6, 6.07) is 4.34. The lowest BCUT2D eigenvalue weighted by Crippen LogP contribution is -2.64. The van der Waals surface area contributed by atoms with Crippen molar-refractivity contribution in [2.24, 2.45) is 0 Å². The number of halogens is 2. The predicted molar refractivity (Wildman–Crippen MR) is 62.6 cm³/mol. The van der Waals surface area contributed by atoms with E-state index < -0.39 is 17.4 Å². The van der Waals surface area contributed by atoms with Crippen molar-refractivity contribution >= 4 is 21.9 Å². The Kier molecular flexibility index (Phi) is 3.35. The Morgan fingerprint density at radius 3 is 2.82 bits per heavy atom. The highest BCUT2D eigenvalue weighted by molar-refractivity contribution is 9.10. The van der Waals surface area contributed by atoms with Gasteiger partial charge in [0.25, 0.3) is 0 Å². The summed E-state index contributed by atoms with van der Waals surface area (Å²) in [5, 5.41) is 11.7. The van der Waals surface area contributed by atoms with E-state index in [2.05, 4.69) is 21.2 Å². The molecule has 0 atom stereocenters. The number of carboxylic acid groups (broad SMARTS) is 1. The second kappa shape index (κ2) is 4.62. The Bertz CT molecular complexity index is 448. The fourth-order valence-electron chi connectivity index (χ4n) is 1.70. The quantitative estimate of drug-likeness (QED) is 0.890. The highest BCUT2D eigenvalue weighted by Gasteiger charge is 2.42. The summed E-state index contributed by atoms with van der Waals surface area (Å²) >= 11 is 3.22. The Labute approximate surface area is 106 Å². The summed E-state index contributed by atoms with van der Waals surface area (Å²) in [4.78, 5) is 10.7. The van der Waals surface area contributed by atoms with E-state index in [9.17, 15) is 9.18 Å². The lowest BCUT2D eigenvalue weighted by Gasteiger charge is -2.41. The number of ether oxygens (including phenoxy) is 1. The van der Waals surface area contributed by atoms with Crippen molar-refractivity contribution < 1.29 is 19.0 Å². The molecule has 0 unspecified atom stereocenters. The lowest BCUT2D eigenvalue weighted by molar-refractivity contribution is -0.143. The number of nitrogens with one attached hydrogen (secondary N) is 1. The van der Waals surface area contributed by atoms with Crippen molar-refractivity contribution in [3.05, 3.63) is 28.5 Å². The third-order valence-electron chi connectivity index (χ3n) is 2.59. The van der Waals surface area contributed by atoms with Gasteiger partial charge >= 0.3 is 5.97 Å². The van der Waals surface area contributed by atoms with Crippen molar-refractivity contribution in [3.63, 3.8) is 0 Å². The van der Waals surface area contributed by atoms with Crippen LogP contribution in [0.3, 0.4) is 0 Å². The van der Waals surface area contributed by atoms with Crippen LogP contribution >= 0.6 is 15.9 Å². The third kappa shape index (κ3) is 2.76. The Balaban J connectivity index is 2.18. The fourth-order valence-corrected chi connectivity index (χ4v) is 2.04. The summed E-state index contributed by atoms with van der Waals surface area (Å²) < 4.78 is 19.7. The van der Waals surface area contributed by atoms with Crippen molar-refractivity contribution in [2.45, 2.75) is 12.0 Å². The van der Waals surface area contributed by atoms with Crippen molar-refractivity contribution in [1.29, 1.82) is 0 Å². The maximum absolute atomic E-state index is 13.5. The van der Waals surface area contributed by atoms with Crippen LogP contribution in [0.1, 0.15) is 6.42 Å². The largest absolute Gasteiger partial charge is 0.481 e. The fraction of sp³-hybridized carbons (Fsp3) is 0.364. The summed E-state index contributed by atoms with van der Waals surface area (Å²) in [6.45, 7) is 0.816. The van der Waals surface area contributed by atoms with Gasteiger partial charge in [-0.3, -0.25) is 4.79 Å². The van der Waals surface area contributed by atoms with Gasteiger partial charge in [-0.1, -0.05) is 15.9 Å². The first kappa shape index (κ1) is 12.3. The molecule has 6 heteroatoms. The monoisotopic (exact) mass is 303 g/mol. The number of benzene rings is 1. The Morgan fingerprint density at radius 1 is 1.59 bits per heavy atom. The lowest BCUT2D eigenvalue weighted by atomic mass is 9.92. The number of rotatable bonds is 4. The van der Waals surface area contributed by atoms with E-state index in [-0.39, 0.29) is 12.2 Å². The van der Waals surface area contributed by atoms with E-state index in [0.29, 0.717) is 17.6 Å². The van der Waals surface area contributed by atoms with Crippen LogP contribution in [-0.2, 0) is 4.79 Å². The van der Waals surface area contributed by atoms with Crippen LogP contribution in [0.25, 0.3) is 0 Å². The van der Waals surface area contributed by atoms with Gasteiger partial charge in [0.15, 0.2) is 11.6 Å². The van der Waals surface area contributed by atoms with Gasteiger partial charge < -0.3 is 15.2 Å². The topological polar surface area (TPSA) is 58.6 Å². The van der Waals surface area contributed by atoms with Gasteiger partial charge in [-0.05, 0) is 18.2 Å². The molecule has 0 bridgehead atoms. The zero-order valence-electron chi connectivity index (χ0n) is 8.87. The Morgan fingerprint density at radius 2 is 2.29 bits per heavy atom. The molecule has 92 valence electrons. The standard InChI is InChI=1S/C11H11BrFNO3/c12-7-1-2-8(13)9(3-7)17-11(4-10(15)16)5-14-6-11/h1-3,14H,4-6H2,(H,15,16). The first-order valence-corrected chi connectivity index (χ1v) is 5.87. The van der Waals surface area contributed by atoms with E-state index in [4.69, 9.17) is 9.84 Å². The maximum atomic E-state index is 13.5. The average Bonchev–Trinajstić information content (AvgIpc) is 2.19. The highest BCUT2D eigenvalue weighted by atomic mass is 79.9. The molecule has 0 aromatic heterocycles. The van der Waals surface area contributed by atoms with E-state index >= 15 is 0 Å². The van der Waals surface area contributed by atoms with Gasteiger partial charge in [-0.25, -0.2) is 4.39 Å². The molecule has 0 aliphatic carbocycles. The number of carboxylic acids is 1. The van der Waals surface area contributed by atoms with Gasteiger partial charge in [-0.15, -0.1) is 0 Å². The van der Waals surface area contributed by atoms with Crippen LogP contribution in [0.4, 0.5) is 4.39 Å². The van der Waals surface area contributed by atoms with E-state index in [1.54, 1.807) is 6.07 Å². The molecule has 0 radical (unpaired) electrons. The summed E-state index contributed by atoms with van der Waals surface area (Å²) in [6.07, 6.45) is -0.147. The number of hydrogen-bond acceptors (Lipinski definition) is 3. The molecule has 1 heterocycles. The first-order valence-electron chi connectivity index (χ1n) is 5.07. The van der Waals surface area contributed by atoms with Crippen LogP contribution in [0.5, 0.6) is 5.75 Å².